The molecule has 3 heteroatoms. The molecule has 6 heavy (non-hydrogen) atoms. The van der Waals surface area contributed by atoms with E-state index in [4.69, 9.17) is 4.84 Å². The fourth-order valence-corrected chi connectivity index (χ4v) is 0.361. The summed E-state index contributed by atoms with van der Waals surface area (Å²) in [7, 11) is 0. The summed E-state index contributed by atoms with van der Waals surface area (Å²) in [6.07, 6.45) is 1.17. The molecule has 0 aromatic carbocycles. The van der Waals surface area contributed by atoms with Gasteiger partial charge in [0, 0.05) is 6.54 Å². The van der Waals surface area contributed by atoms with Crippen LogP contribution in [0.25, 0.3) is 0 Å². The van der Waals surface area contributed by atoms with Gasteiger partial charge in [0.15, 0.2) is 0 Å². The number of hydroxylamine groups is 1. The number of hydrogen-bond acceptors (Lipinski definition) is 2. The summed E-state index contributed by atoms with van der Waals surface area (Å²) in [5.74, 6) is 0. The average molecular weight is 282 g/mol. The minimum atomic E-state index is 0. The molecule has 1 aliphatic heterocycles. The Morgan fingerprint density at radius 3 is 2.50 bits per heavy atom. The molecule has 1 aliphatic rings. The summed E-state index contributed by atoms with van der Waals surface area (Å²) in [5, 5.41) is 0. The van der Waals surface area contributed by atoms with Gasteiger partial charge in [-0.15, -0.1) is 0 Å². The maximum absolute atomic E-state index is 4.69. The van der Waals surface area contributed by atoms with Crippen LogP contribution in [0.1, 0.15) is 6.42 Å². The Kier molecular flexibility index (Phi) is 4.58. The van der Waals surface area contributed by atoms with Gasteiger partial charge in [0.2, 0.25) is 0 Å². The zero-order valence-electron chi connectivity index (χ0n) is 3.74. The third-order valence-corrected chi connectivity index (χ3v) is 0.627. The van der Waals surface area contributed by atoms with Crippen LogP contribution in [0.15, 0.2) is 0 Å². The quantitative estimate of drug-likeness (QED) is 0.575. The molecule has 0 spiro atoms. The molecule has 1 fully saturated rings. The molecule has 0 aromatic heterocycles. The van der Waals surface area contributed by atoms with Gasteiger partial charge in [0.1, 0.15) is 0 Å². The van der Waals surface area contributed by atoms with Gasteiger partial charge in [0.25, 0.3) is 0 Å². The van der Waals surface area contributed by atoms with Gasteiger partial charge in [0.05, 0.1) is 6.61 Å². The van der Waals surface area contributed by atoms with Crippen LogP contribution < -0.4 is 5.48 Å². The van der Waals surface area contributed by atoms with Crippen LogP contribution in [-0.4, -0.2) is 40.5 Å². The molecule has 36 valence electrons. The molecule has 1 saturated heterocycles. The number of nitrogens with one attached hydrogen (secondary N) is 1. The Morgan fingerprint density at radius 2 is 2.33 bits per heavy atom. The van der Waals surface area contributed by atoms with Crippen molar-refractivity contribution >= 4 is 27.3 Å². The van der Waals surface area contributed by atoms with Crippen molar-refractivity contribution in [3.05, 3.63) is 0 Å². The third-order valence-electron chi connectivity index (χ3n) is 0.627. The number of hydrogen-bond donors (Lipinski definition) is 1. The topological polar surface area (TPSA) is 21.3 Å². The summed E-state index contributed by atoms with van der Waals surface area (Å²) in [5.41, 5.74) is 2.72. The Labute approximate surface area is 57.4 Å². The summed E-state index contributed by atoms with van der Waals surface area (Å²) in [6, 6.07) is 0. The van der Waals surface area contributed by atoms with Gasteiger partial charge in [-0.25, -0.2) is 5.48 Å². The Balaban J connectivity index is 0.000000250. The van der Waals surface area contributed by atoms with Gasteiger partial charge in [-0.05, 0) is 6.42 Å². The average Bonchev–Trinajstić information content (AvgIpc) is 1.76. The molecule has 2 radical (unpaired) electrons. The van der Waals surface area contributed by atoms with Crippen molar-refractivity contribution in [3.8, 4) is 0 Å². The summed E-state index contributed by atoms with van der Waals surface area (Å²) in [6.45, 7) is 1.92. The molecule has 0 amide bonds. The molecule has 1 N–H and O–H groups in total. The Hall–Kier alpha value is 0.842. The van der Waals surface area contributed by atoms with Crippen LogP contribution in [0, 0.1) is 0 Å². The fourth-order valence-electron chi connectivity index (χ4n) is 0.361. The van der Waals surface area contributed by atoms with E-state index in [1.54, 1.807) is 0 Å². The van der Waals surface area contributed by atoms with Gasteiger partial charge in [-0.3, -0.25) is 0 Å². The second-order valence-electron chi connectivity index (χ2n) is 1.10. The molecular formula is C3H9NOPb. The van der Waals surface area contributed by atoms with Crippen LogP contribution in [0.2, 0.25) is 0 Å². The number of rotatable bonds is 0. The van der Waals surface area contributed by atoms with Crippen molar-refractivity contribution in [1.29, 1.82) is 0 Å². The van der Waals surface area contributed by atoms with Crippen molar-refractivity contribution < 1.29 is 4.84 Å². The molecule has 0 unspecified atom stereocenters. The fraction of sp³-hybridized carbons (Fsp3) is 1.00. The summed E-state index contributed by atoms with van der Waals surface area (Å²) >= 11 is 0. The van der Waals surface area contributed by atoms with E-state index in [1.807, 2.05) is 0 Å². The van der Waals surface area contributed by atoms with Crippen LogP contribution in [0.4, 0.5) is 0 Å². The first-order valence-electron chi connectivity index (χ1n) is 1.85. The molecule has 0 aromatic rings. The molecular weight excluding hydrogens is 273 g/mol. The van der Waals surface area contributed by atoms with E-state index >= 15 is 0 Å². The minimum absolute atomic E-state index is 0. The van der Waals surface area contributed by atoms with Gasteiger partial charge < -0.3 is 4.84 Å². The zero-order valence-corrected chi connectivity index (χ0v) is 9.23. The Morgan fingerprint density at radius 1 is 1.50 bits per heavy atom. The second-order valence-corrected chi connectivity index (χ2v) is 1.10. The first kappa shape index (κ1) is 6.84. The third kappa shape index (κ3) is 2.09. The second kappa shape index (κ2) is 4.01. The van der Waals surface area contributed by atoms with E-state index in [9.17, 15) is 0 Å². The van der Waals surface area contributed by atoms with Crippen molar-refractivity contribution in [2.45, 2.75) is 6.42 Å². The van der Waals surface area contributed by atoms with Gasteiger partial charge in [-0.1, -0.05) is 0 Å². The van der Waals surface area contributed by atoms with Gasteiger partial charge in [-0.2, -0.15) is 0 Å². The zero-order chi connectivity index (χ0) is 3.54. The normalized spacial score (nSPS) is 20.0. The first-order chi connectivity index (χ1) is 2.50. The molecule has 1 heterocycles. The summed E-state index contributed by atoms with van der Waals surface area (Å²) in [4.78, 5) is 4.69. The van der Waals surface area contributed by atoms with Crippen molar-refractivity contribution in [1.82, 2.24) is 5.48 Å². The molecule has 0 saturated carbocycles. The van der Waals surface area contributed by atoms with Crippen LogP contribution >= 0.6 is 0 Å². The molecule has 1 rings (SSSR count). The van der Waals surface area contributed by atoms with Crippen LogP contribution in [0.3, 0.4) is 0 Å². The van der Waals surface area contributed by atoms with E-state index in [0.29, 0.717) is 0 Å². The van der Waals surface area contributed by atoms with Crippen molar-refractivity contribution in [2.75, 3.05) is 13.2 Å². The van der Waals surface area contributed by atoms with Crippen molar-refractivity contribution in [3.63, 3.8) is 0 Å². The molecule has 2 nitrogen and oxygen atoms in total. The van der Waals surface area contributed by atoms with E-state index in [2.05, 4.69) is 5.48 Å². The van der Waals surface area contributed by atoms with E-state index in [-0.39, 0.29) is 27.3 Å². The maximum atomic E-state index is 4.69. The van der Waals surface area contributed by atoms with Crippen LogP contribution in [0.5, 0.6) is 0 Å². The van der Waals surface area contributed by atoms with Crippen LogP contribution in [-0.2, 0) is 4.84 Å². The van der Waals surface area contributed by atoms with Crippen molar-refractivity contribution in [2.24, 2.45) is 0 Å². The predicted molar refractivity (Wildman–Crippen MR) is 27.1 cm³/mol. The van der Waals surface area contributed by atoms with E-state index < -0.39 is 0 Å². The molecule has 0 aliphatic carbocycles. The molecule has 0 bridgehead atoms. The Bertz CT molecular complexity index is 22.4. The van der Waals surface area contributed by atoms with E-state index in [0.717, 1.165) is 13.2 Å². The SMILES string of the molecule is C1CNOC1.[PbH2]. The standard InChI is InChI=1S/C3H7NO.Pb.2H/c1-2-4-5-3-1;;;/h4H,1-3H2;;;. The monoisotopic (exact) mass is 283 g/mol. The molecule has 0 atom stereocenters. The van der Waals surface area contributed by atoms with Gasteiger partial charge >= 0.3 is 27.3 Å². The van der Waals surface area contributed by atoms with E-state index in [1.165, 1.54) is 6.42 Å². The summed E-state index contributed by atoms with van der Waals surface area (Å²) < 4.78 is 0. The first-order valence-corrected chi connectivity index (χ1v) is 1.85. The predicted octanol–water partition coefficient (Wildman–Crippen LogP) is -1.00.